The second-order valence-corrected chi connectivity index (χ2v) is 3.54. The van der Waals surface area contributed by atoms with E-state index < -0.39 is 0 Å². The highest BCUT2D eigenvalue weighted by molar-refractivity contribution is 9.10. The zero-order valence-corrected chi connectivity index (χ0v) is 8.69. The first-order valence-electron chi connectivity index (χ1n) is 3.90. The summed E-state index contributed by atoms with van der Waals surface area (Å²) < 4.78 is 11.2. The summed E-state index contributed by atoms with van der Waals surface area (Å²) >= 11 is 3.36. The topological polar surface area (TPSA) is 67.2 Å². The van der Waals surface area contributed by atoms with E-state index in [0.717, 1.165) is 10.0 Å². The normalized spacial score (nSPS) is 12.4. The van der Waals surface area contributed by atoms with E-state index in [0.29, 0.717) is 18.0 Å². The molecule has 0 amide bonds. The van der Waals surface area contributed by atoms with Gasteiger partial charge in [0.15, 0.2) is 11.5 Å². The molecule has 0 spiro atoms. The van der Waals surface area contributed by atoms with Crippen molar-refractivity contribution in [3.63, 3.8) is 0 Å². The molecule has 6 heteroatoms. The summed E-state index contributed by atoms with van der Waals surface area (Å²) in [5.74, 6) is 1.40. The Labute approximate surface area is 88.4 Å². The lowest BCUT2D eigenvalue weighted by atomic mass is 10.2. The highest BCUT2D eigenvalue weighted by atomic mass is 79.9. The number of benzene rings is 1. The van der Waals surface area contributed by atoms with E-state index in [1.807, 2.05) is 6.07 Å². The van der Waals surface area contributed by atoms with Gasteiger partial charge in [0.25, 0.3) is 0 Å². The number of rotatable bonds is 2. The first kappa shape index (κ1) is 9.18. The minimum absolute atomic E-state index is 0.243. The third-order valence-electron chi connectivity index (χ3n) is 1.85. The van der Waals surface area contributed by atoms with Gasteiger partial charge in [-0.05, 0) is 23.2 Å². The molecule has 0 saturated carbocycles. The van der Waals surface area contributed by atoms with E-state index in [4.69, 9.17) is 15.0 Å². The Hall–Kier alpha value is -1.39. The van der Waals surface area contributed by atoms with Crippen molar-refractivity contribution in [3.05, 3.63) is 32.6 Å². The van der Waals surface area contributed by atoms with Crippen LogP contribution in [0.4, 0.5) is 0 Å². The van der Waals surface area contributed by atoms with Crippen molar-refractivity contribution in [2.24, 2.45) is 5.11 Å². The Morgan fingerprint density at radius 1 is 1.43 bits per heavy atom. The number of halogens is 1. The van der Waals surface area contributed by atoms with Crippen LogP contribution in [0, 0.1) is 0 Å². The van der Waals surface area contributed by atoms with Crippen LogP contribution in [0.15, 0.2) is 21.7 Å². The lowest BCUT2D eigenvalue weighted by Gasteiger charge is -2.02. The molecule has 5 nitrogen and oxygen atoms in total. The van der Waals surface area contributed by atoms with Gasteiger partial charge in [-0.15, -0.1) is 0 Å². The smallest absolute Gasteiger partial charge is 0.231 e. The first-order chi connectivity index (χ1) is 6.81. The summed E-state index contributed by atoms with van der Waals surface area (Å²) in [5.41, 5.74) is 9.08. The van der Waals surface area contributed by atoms with Crippen molar-refractivity contribution in [2.45, 2.75) is 6.54 Å². The predicted octanol–water partition coefficient (Wildman–Crippen LogP) is 2.99. The maximum Gasteiger partial charge on any atom is 0.231 e. The number of hydrogen-bond acceptors (Lipinski definition) is 3. The quantitative estimate of drug-likeness (QED) is 0.463. The number of hydrogen-bond donors (Lipinski definition) is 0. The second-order valence-electron chi connectivity index (χ2n) is 2.69. The maximum atomic E-state index is 8.20. The van der Waals surface area contributed by atoms with Gasteiger partial charge in [-0.25, -0.2) is 0 Å². The largest absolute Gasteiger partial charge is 0.454 e. The van der Waals surface area contributed by atoms with Crippen LogP contribution in [0.1, 0.15) is 5.56 Å². The Balaban J connectivity index is 2.36. The van der Waals surface area contributed by atoms with Gasteiger partial charge in [0, 0.05) is 9.38 Å². The van der Waals surface area contributed by atoms with E-state index in [2.05, 4.69) is 26.0 Å². The highest BCUT2D eigenvalue weighted by Gasteiger charge is 2.15. The molecule has 1 aliphatic heterocycles. The molecular weight excluding hydrogens is 250 g/mol. The van der Waals surface area contributed by atoms with Gasteiger partial charge < -0.3 is 9.47 Å². The minimum Gasteiger partial charge on any atom is -0.454 e. The van der Waals surface area contributed by atoms with Gasteiger partial charge in [0.1, 0.15) is 0 Å². The van der Waals surface area contributed by atoms with Crippen molar-refractivity contribution in [3.8, 4) is 11.5 Å². The Bertz CT molecular complexity index is 415. The van der Waals surface area contributed by atoms with Crippen LogP contribution in [-0.2, 0) is 6.54 Å². The monoisotopic (exact) mass is 255 g/mol. The van der Waals surface area contributed by atoms with Crippen molar-refractivity contribution < 1.29 is 9.47 Å². The van der Waals surface area contributed by atoms with Gasteiger partial charge in [0.05, 0.1) is 6.54 Å². The molecule has 2 rings (SSSR count). The third-order valence-corrected chi connectivity index (χ3v) is 2.58. The summed E-state index contributed by atoms with van der Waals surface area (Å²) in [4.78, 5) is 2.70. The molecule has 14 heavy (non-hydrogen) atoms. The Morgan fingerprint density at radius 3 is 2.86 bits per heavy atom. The average Bonchev–Trinajstić information content (AvgIpc) is 2.61. The van der Waals surface area contributed by atoms with Crippen LogP contribution in [0.2, 0.25) is 0 Å². The summed E-state index contributed by atoms with van der Waals surface area (Å²) in [7, 11) is 0. The minimum atomic E-state index is 0.243. The molecule has 0 N–H and O–H groups in total. The lowest BCUT2D eigenvalue weighted by molar-refractivity contribution is 0.174. The molecule has 0 atom stereocenters. The summed E-state index contributed by atoms with van der Waals surface area (Å²) in [6, 6.07) is 3.62. The molecule has 0 unspecified atom stereocenters. The van der Waals surface area contributed by atoms with Crippen LogP contribution >= 0.6 is 15.9 Å². The van der Waals surface area contributed by atoms with Crippen molar-refractivity contribution in [1.82, 2.24) is 0 Å². The molecule has 0 saturated heterocycles. The predicted molar refractivity (Wildman–Crippen MR) is 53.1 cm³/mol. The molecule has 1 aromatic rings. The SMILES string of the molecule is [N-]=[N+]=NCc1cc2c(cc1Br)OCO2. The molecule has 0 radical (unpaired) electrons. The maximum absolute atomic E-state index is 8.20. The lowest BCUT2D eigenvalue weighted by Crippen LogP contribution is -1.92. The van der Waals surface area contributed by atoms with Gasteiger partial charge in [-0.3, -0.25) is 0 Å². The van der Waals surface area contributed by atoms with Gasteiger partial charge in [-0.2, -0.15) is 0 Å². The van der Waals surface area contributed by atoms with Crippen LogP contribution in [0.3, 0.4) is 0 Å². The van der Waals surface area contributed by atoms with E-state index >= 15 is 0 Å². The fourth-order valence-corrected chi connectivity index (χ4v) is 1.64. The zero-order chi connectivity index (χ0) is 9.97. The fraction of sp³-hybridized carbons (Fsp3) is 0.250. The Morgan fingerprint density at radius 2 is 2.14 bits per heavy atom. The molecule has 72 valence electrons. The number of nitrogens with zero attached hydrogens (tertiary/aromatic N) is 3. The number of fused-ring (bicyclic) bond motifs is 1. The Kier molecular flexibility index (Phi) is 2.47. The fourth-order valence-electron chi connectivity index (χ4n) is 1.19. The molecule has 1 aliphatic rings. The summed E-state index contributed by atoms with van der Waals surface area (Å²) in [6.45, 7) is 0.542. The van der Waals surface area contributed by atoms with Crippen molar-refractivity contribution in [2.75, 3.05) is 6.79 Å². The third kappa shape index (κ3) is 1.62. The van der Waals surface area contributed by atoms with Gasteiger partial charge >= 0.3 is 0 Å². The molecule has 0 bridgehead atoms. The molecule has 1 heterocycles. The van der Waals surface area contributed by atoms with Crippen LogP contribution in [0.25, 0.3) is 10.4 Å². The van der Waals surface area contributed by atoms with Crippen molar-refractivity contribution in [1.29, 1.82) is 0 Å². The molecular formula is C8H6BrN3O2. The molecule has 0 aromatic heterocycles. The number of ether oxygens (including phenoxy) is 2. The summed E-state index contributed by atoms with van der Waals surface area (Å²) in [6.07, 6.45) is 0. The summed E-state index contributed by atoms with van der Waals surface area (Å²) in [5, 5.41) is 3.48. The van der Waals surface area contributed by atoms with E-state index in [1.54, 1.807) is 6.07 Å². The average molecular weight is 256 g/mol. The molecule has 0 aliphatic carbocycles. The van der Waals surface area contributed by atoms with Gasteiger partial charge in [-0.1, -0.05) is 21.0 Å². The standard InChI is InChI=1S/C8H6BrN3O2/c9-6-2-8-7(13-4-14-8)1-5(6)3-11-12-10/h1-2H,3-4H2. The first-order valence-corrected chi connectivity index (χ1v) is 4.69. The van der Waals surface area contributed by atoms with E-state index in [-0.39, 0.29) is 6.79 Å². The van der Waals surface area contributed by atoms with Gasteiger partial charge in [0.2, 0.25) is 6.79 Å². The van der Waals surface area contributed by atoms with Crippen LogP contribution in [-0.4, -0.2) is 6.79 Å². The molecule has 1 aromatic carbocycles. The van der Waals surface area contributed by atoms with Crippen molar-refractivity contribution >= 4 is 15.9 Å². The van der Waals surface area contributed by atoms with E-state index in [1.165, 1.54) is 0 Å². The second kappa shape index (κ2) is 3.77. The molecule has 0 fully saturated rings. The van der Waals surface area contributed by atoms with E-state index in [9.17, 15) is 0 Å². The number of azide groups is 1. The zero-order valence-electron chi connectivity index (χ0n) is 7.11. The van der Waals surface area contributed by atoms with Crippen LogP contribution in [0.5, 0.6) is 11.5 Å². The van der Waals surface area contributed by atoms with Crippen LogP contribution < -0.4 is 9.47 Å². The highest BCUT2D eigenvalue weighted by Crippen LogP contribution is 2.37.